The molecule has 0 aromatic heterocycles. The van der Waals surface area contributed by atoms with Crippen molar-refractivity contribution in [2.75, 3.05) is 0 Å². The first-order valence-electron chi connectivity index (χ1n) is 7.09. The number of nitrogens with one attached hydrogen (secondary N) is 1. The molecule has 108 valence electrons. The van der Waals surface area contributed by atoms with E-state index in [-0.39, 0.29) is 12.0 Å². The van der Waals surface area contributed by atoms with Crippen LogP contribution in [-0.4, -0.2) is 28.5 Å². The van der Waals surface area contributed by atoms with Crippen LogP contribution in [0.3, 0.4) is 0 Å². The minimum atomic E-state index is -2.17. The molecule has 0 unspecified atom stereocenters. The van der Waals surface area contributed by atoms with Crippen molar-refractivity contribution in [2.24, 2.45) is 0 Å². The van der Waals surface area contributed by atoms with Gasteiger partial charge in [-0.3, -0.25) is 0 Å². The van der Waals surface area contributed by atoms with Gasteiger partial charge in [0.1, 0.15) is 0 Å². The molecule has 1 aliphatic heterocycles. The fraction of sp³-hybridized carbons (Fsp3) is 0.235. The average Bonchev–Trinajstić information content (AvgIpc) is 2.44. The zero-order valence-corrected chi connectivity index (χ0v) is 15.4. The third-order valence-electron chi connectivity index (χ3n) is 3.92. The molecule has 1 aliphatic carbocycles. The summed E-state index contributed by atoms with van der Waals surface area (Å²) in [6.07, 6.45) is 1.93. The van der Waals surface area contributed by atoms with E-state index < -0.39 is 18.4 Å². The summed E-state index contributed by atoms with van der Waals surface area (Å²) in [5, 5.41) is 11.3. The second kappa shape index (κ2) is 5.14. The van der Waals surface area contributed by atoms with E-state index in [2.05, 4.69) is 38.0 Å². The fourth-order valence-electron chi connectivity index (χ4n) is 2.68. The molecule has 2 N–H and O–H groups in total. The summed E-state index contributed by atoms with van der Waals surface area (Å²) in [5.74, 6) is 0. The molecule has 0 saturated heterocycles. The summed E-state index contributed by atoms with van der Waals surface area (Å²) in [7, 11) is 0. The molecule has 0 amide bonds. The molecule has 3 rings (SSSR count). The number of H-pyrrole nitrogens is 1. The Kier molecular flexibility index (Phi) is 3.57. The number of aliphatic hydroxyl groups is 1. The van der Waals surface area contributed by atoms with Gasteiger partial charge < -0.3 is 0 Å². The number of aromatic amines is 1. The quantitative estimate of drug-likeness (QED) is 0.524. The topological polar surface area (TPSA) is 53.1 Å². The number of aromatic nitrogens is 1. The van der Waals surface area contributed by atoms with Crippen LogP contribution in [0.2, 0.25) is 14.8 Å². The third kappa shape index (κ3) is 2.60. The Morgan fingerprint density at radius 3 is 2.57 bits per heavy atom. The van der Waals surface area contributed by atoms with E-state index in [1.165, 1.54) is 9.65 Å². The number of aliphatic hydroxyl groups excluding tert-OH is 1. The molecule has 0 bridgehead atoms. The molecule has 0 fully saturated rings. The van der Waals surface area contributed by atoms with Crippen molar-refractivity contribution in [3.05, 3.63) is 52.3 Å². The van der Waals surface area contributed by atoms with Gasteiger partial charge in [-0.1, -0.05) is 0 Å². The molecule has 3 nitrogen and oxygen atoms in total. The monoisotopic (exact) mass is 389 g/mol. The maximum absolute atomic E-state index is 12.4. The molecule has 2 aliphatic rings. The van der Waals surface area contributed by atoms with Crippen molar-refractivity contribution in [2.45, 2.75) is 21.4 Å². The van der Waals surface area contributed by atoms with Crippen LogP contribution in [0.25, 0.3) is 22.0 Å². The first-order chi connectivity index (χ1) is 9.90. The van der Waals surface area contributed by atoms with Crippen molar-refractivity contribution < 1.29 is 5.11 Å². The van der Waals surface area contributed by atoms with Gasteiger partial charge in [0, 0.05) is 0 Å². The molecule has 0 spiro atoms. The van der Waals surface area contributed by atoms with Crippen molar-refractivity contribution in [1.29, 1.82) is 0 Å². The van der Waals surface area contributed by atoms with Gasteiger partial charge in [0.2, 0.25) is 0 Å². The molecule has 0 radical (unpaired) electrons. The van der Waals surface area contributed by atoms with Crippen molar-refractivity contribution >= 4 is 32.7 Å². The number of fused-ring (bicyclic) bond motifs is 3. The molecule has 1 heterocycles. The minimum absolute atomic E-state index is 0.0281. The summed E-state index contributed by atoms with van der Waals surface area (Å²) in [6, 6.07) is 9.88. The van der Waals surface area contributed by atoms with E-state index >= 15 is 0 Å². The standard InChI is InChI=1S/C14H10NO2.3CH3.Sn/c16-8-9-5-12-14(13(17)6-9)11-4-2-1-3-10(11)7-15-12;;;;/h1,3-7,15-16H,8H2;3*1H3;. The summed E-state index contributed by atoms with van der Waals surface area (Å²) < 4.78 is 1.41. The number of benzene rings is 2. The van der Waals surface area contributed by atoms with Crippen LogP contribution >= 0.6 is 0 Å². The number of pyridine rings is 1. The van der Waals surface area contributed by atoms with Gasteiger partial charge in [-0.15, -0.1) is 0 Å². The number of rotatable bonds is 2. The van der Waals surface area contributed by atoms with Crippen LogP contribution in [0.5, 0.6) is 0 Å². The third-order valence-corrected chi connectivity index (χ3v) is 9.75. The Hall–Kier alpha value is -1.33. The van der Waals surface area contributed by atoms with Gasteiger partial charge in [-0.05, 0) is 0 Å². The van der Waals surface area contributed by atoms with E-state index in [4.69, 9.17) is 0 Å². The van der Waals surface area contributed by atoms with E-state index in [0.717, 1.165) is 22.0 Å². The Morgan fingerprint density at radius 1 is 1.14 bits per heavy atom. The Morgan fingerprint density at radius 2 is 1.90 bits per heavy atom. The summed E-state index contributed by atoms with van der Waals surface area (Å²) >= 11 is -2.17. The average molecular weight is 388 g/mol. The Bertz CT molecular complexity index is 846. The first-order valence-corrected chi connectivity index (χ1v) is 17.1. The van der Waals surface area contributed by atoms with Gasteiger partial charge in [0.05, 0.1) is 0 Å². The van der Waals surface area contributed by atoms with Crippen LogP contribution < -0.4 is 9.01 Å². The molecule has 4 heteroatoms. The van der Waals surface area contributed by atoms with Gasteiger partial charge >= 0.3 is 128 Å². The molecule has 1 aromatic rings. The fourth-order valence-corrected chi connectivity index (χ4v) is 5.99. The zero-order valence-electron chi connectivity index (χ0n) is 12.5. The van der Waals surface area contributed by atoms with Gasteiger partial charge in [-0.2, -0.15) is 0 Å². The second-order valence-corrected chi connectivity index (χ2v) is 21.0. The molecule has 0 atom stereocenters. The van der Waals surface area contributed by atoms with Crippen LogP contribution in [0.1, 0.15) is 5.56 Å². The van der Waals surface area contributed by atoms with Crippen LogP contribution in [-0.2, 0) is 6.61 Å². The molecular weight excluding hydrogens is 369 g/mol. The van der Waals surface area contributed by atoms with E-state index in [9.17, 15) is 9.90 Å². The van der Waals surface area contributed by atoms with Crippen LogP contribution in [0.4, 0.5) is 0 Å². The SMILES string of the molecule is [CH3][Sn]([CH3])([CH3])[c]1ccc2c[nH]c3cc(CO)cc(=O)c-3c2c1. The summed E-state index contributed by atoms with van der Waals surface area (Å²) in [5.41, 5.74) is 2.14. The van der Waals surface area contributed by atoms with Crippen molar-refractivity contribution in [3.8, 4) is 11.3 Å². The molecular formula is C17H19NO2Sn. The number of hydrogen-bond acceptors (Lipinski definition) is 2. The van der Waals surface area contributed by atoms with Crippen molar-refractivity contribution in [3.63, 3.8) is 0 Å². The first kappa shape index (κ1) is 14.6. The zero-order chi connectivity index (χ0) is 15.2. The van der Waals surface area contributed by atoms with Gasteiger partial charge in [0.25, 0.3) is 0 Å². The van der Waals surface area contributed by atoms with E-state index in [1.54, 1.807) is 0 Å². The molecule has 1 aromatic carbocycles. The summed E-state index contributed by atoms with van der Waals surface area (Å²) in [6.45, 7) is -0.116. The molecule has 21 heavy (non-hydrogen) atoms. The predicted molar refractivity (Wildman–Crippen MR) is 90.1 cm³/mol. The predicted octanol–water partition coefficient (Wildman–Crippen LogP) is 2.67. The van der Waals surface area contributed by atoms with Gasteiger partial charge in [-0.25, -0.2) is 0 Å². The normalized spacial score (nSPS) is 12.2. The Labute approximate surface area is 127 Å². The van der Waals surface area contributed by atoms with Crippen LogP contribution in [0, 0.1) is 0 Å². The maximum atomic E-state index is 12.4. The van der Waals surface area contributed by atoms with Crippen molar-refractivity contribution in [1.82, 2.24) is 4.98 Å². The van der Waals surface area contributed by atoms with Crippen LogP contribution in [0.15, 0.2) is 41.3 Å². The Balaban J connectivity index is 2.40. The van der Waals surface area contributed by atoms with E-state index in [1.807, 2.05) is 12.3 Å². The van der Waals surface area contributed by atoms with E-state index in [0.29, 0.717) is 5.56 Å². The second-order valence-electron chi connectivity index (χ2n) is 6.52. The van der Waals surface area contributed by atoms with Gasteiger partial charge in [0.15, 0.2) is 0 Å². The number of hydrogen-bond donors (Lipinski definition) is 2. The summed E-state index contributed by atoms with van der Waals surface area (Å²) in [4.78, 5) is 22.7. The molecule has 0 saturated carbocycles.